The van der Waals surface area contributed by atoms with Crippen LogP contribution >= 0.6 is 0 Å². The van der Waals surface area contributed by atoms with E-state index in [1.54, 1.807) is 31.4 Å². The topological polar surface area (TPSA) is 58.9 Å². The van der Waals surface area contributed by atoms with Crippen LogP contribution < -0.4 is 9.47 Å². The third-order valence-corrected chi connectivity index (χ3v) is 3.53. The summed E-state index contributed by atoms with van der Waals surface area (Å²) in [5.74, 6) is 1.65. The first-order valence-electron chi connectivity index (χ1n) is 6.48. The van der Waals surface area contributed by atoms with Crippen LogP contribution in [0.4, 0.5) is 0 Å². The van der Waals surface area contributed by atoms with E-state index in [4.69, 9.17) is 9.47 Å². The Morgan fingerprint density at radius 1 is 1.15 bits per heavy atom. The molecule has 1 heterocycles. The lowest BCUT2D eigenvalue weighted by Gasteiger charge is -2.31. The van der Waals surface area contributed by atoms with Crippen LogP contribution in [-0.2, 0) is 6.42 Å². The predicted octanol–water partition coefficient (Wildman–Crippen LogP) is 2.44. The van der Waals surface area contributed by atoms with Gasteiger partial charge in [0.15, 0.2) is 0 Å². The largest absolute Gasteiger partial charge is 0.508 e. The molecule has 1 aliphatic heterocycles. The monoisotopic (exact) mass is 272 g/mol. The Kier molecular flexibility index (Phi) is 3.24. The molecule has 4 nitrogen and oxygen atoms in total. The molecule has 0 radical (unpaired) electrons. The second kappa shape index (κ2) is 5.06. The summed E-state index contributed by atoms with van der Waals surface area (Å²) in [5.41, 5.74) is 1.80. The Hall–Kier alpha value is -2.20. The standard InChI is InChI=1S/C16H16O4/c1-19-13-7-4-11-8-14(18)16(20-15(11)9-13)10-2-5-12(17)6-3-10/h2-7,9,14,16-18H,8H2,1H3/t14-,16-/m0/s1. The maximum atomic E-state index is 10.2. The lowest BCUT2D eigenvalue weighted by molar-refractivity contribution is 0.0206. The average molecular weight is 272 g/mol. The molecule has 4 heteroatoms. The number of methoxy groups -OCH3 is 1. The van der Waals surface area contributed by atoms with Gasteiger partial charge in [0.05, 0.1) is 13.2 Å². The lowest BCUT2D eigenvalue weighted by atomic mass is 9.94. The van der Waals surface area contributed by atoms with Crippen LogP contribution in [0.15, 0.2) is 42.5 Å². The molecule has 0 fully saturated rings. The van der Waals surface area contributed by atoms with Crippen LogP contribution in [0.5, 0.6) is 17.2 Å². The fourth-order valence-electron chi connectivity index (χ4n) is 2.44. The van der Waals surface area contributed by atoms with Crippen molar-refractivity contribution >= 4 is 0 Å². The van der Waals surface area contributed by atoms with Crippen molar-refractivity contribution in [2.45, 2.75) is 18.6 Å². The number of rotatable bonds is 2. The molecule has 3 rings (SSSR count). The highest BCUT2D eigenvalue weighted by Crippen LogP contribution is 2.37. The summed E-state index contributed by atoms with van der Waals surface area (Å²) in [6.07, 6.45) is -0.513. The summed E-state index contributed by atoms with van der Waals surface area (Å²) < 4.78 is 11.1. The fraction of sp³-hybridized carbons (Fsp3) is 0.250. The van der Waals surface area contributed by atoms with Crippen LogP contribution in [0.2, 0.25) is 0 Å². The van der Waals surface area contributed by atoms with E-state index in [0.29, 0.717) is 6.42 Å². The summed E-state index contributed by atoms with van der Waals surface area (Å²) in [6.45, 7) is 0. The molecule has 1 aliphatic rings. The fourth-order valence-corrected chi connectivity index (χ4v) is 2.44. The van der Waals surface area contributed by atoms with Crippen LogP contribution in [0.25, 0.3) is 0 Å². The van der Waals surface area contributed by atoms with Gasteiger partial charge in [0.2, 0.25) is 0 Å². The summed E-state index contributed by atoms with van der Waals surface area (Å²) in [7, 11) is 1.61. The van der Waals surface area contributed by atoms with Gasteiger partial charge >= 0.3 is 0 Å². The van der Waals surface area contributed by atoms with E-state index in [2.05, 4.69) is 0 Å². The summed E-state index contributed by atoms with van der Waals surface area (Å²) >= 11 is 0. The molecule has 0 amide bonds. The van der Waals surface area contributed by atoms with Crippen molar-refractivity contribution in [1.29, 1.82) is 0 Å². The van der Waals surface area contributed by atoms with Gasteiger partial charge in [0.1, 0.15) is 23.4 Å². The lowest BCUT2D eigenvalue weighted by Crippen LogP contribution is -2.30. The van der Waals surface area contributed by atoms with Crippen LogP contribution in [0, 0.1) is 0 Å². The minimum absolute atomic E-state index is 0.195. The Morgan fingerprint density at radius 2 is 1.90 bits per heavy atom. The highest BCUT2D eigenvalue weighted by atomic mass is 16.5. The Bertz CT molecular complexity index is 606. The zero-order valence-electron chi connectivity index (χ0n) is 11.1. The average Bonchev–Trinajstić information content (AvgIpc) is 2.47. The summed E-state index contributed by atoms with van der Waals surface area (Å²) in [6, 6.07) is 12.3. The molecule has 0 unspecified atom stereocenters. The van der Waals surface area contributed by atoms with Gasteiger partial charge in [-0.05, 0) is 29.3 Å². The molecule has 2 atom stereocenters. The number of phenolic OH excluding ortho intramolecular Hbond substituents is 1. The van der Waals surface area contributed by atoms with Crippen molar-refractivity contribution in [3.8, 4) is 17.2 Å². The number of phenols is 1. The van der Waals surface area contributed by atoms with Gasteiger partial charge < -0.3 is 19.7 Å². The predicted molar refractivity (Wildman–Crippen MR) is 74.2 cm³/mol. The van der Waals surface area contributed by atoms with Gasteiger partial charge in [0, 0.05) is 12.5 Å². The number of hydrogen-bond donors (Lipinski definition) is 2. The highest BCUT2D eigenvalue weighted by Gasteiger charge is 2.30. The maximum Gasteiger partial charge on any atom is 0.150 e. The van der Waals surface area contributed by atoms with Crippen LogP contribution in [-0.4, -0.2) is 23.4 Å². The van der Waals surface area contributed by atoms with Gasteiger partial charge in [-0.25, -0.2) is 0 Å². The van der Waals surface area contributed by atoms with E-state index in [1.165, 1.54) is 0 Å². The summed E-state index contributed by atoms with van der Waals surface area (Å²) in [5, 5.41) is 19.6. The van der Waals surface area contributed by atoms with E-state index in [9.17, 15) is 10.2 Å². The van der Waals surface area contributed by atoms with Crippen molar-refractivity contribution in [3.05, 3.63) is 53.6 Å². The quantitative estimate of drug-likeness (QED) is 0.881. The third kappa shape index (κ3) is 2.30. The van der Waals surface area contributed by atoms with Crippen molar-refractivity contribution in [2.75, 3.05) is 7.11 Å². The van der Waals surface area contributed by atoms with Crippen molar-refractivity contribution < 1.29 is 19.7 Å². The Balaban J connectivity index is 1.92. The second-order valence-electron chi connectivity index (χ2n) is 4.88. The molecule has 2 N–H and O–H groups in total. The number of aromatic hydroxyl groups is 1. The van der Waals surface area contributed by atoms with Crippen LogP contribution in [0.1, 0.15) is 17.2 Å². The highest BCUT2D eigenvalue weighted by molar-refractivity contribution is 5.43. The minimum atomic E-state index is -0.611. The summed E-state index contributed by atoms with van der Waals surface area (Å²) in [4.78, 5) is 0. The Morgan fingerprint density at radius 3 is 2.60 bits per heavy atom. The van der Waals surface area contributed by atoms with Gasteiger partial charge in [-0.2, -0.15) is 0 Å². The zero-order chi connectivity index (χ0) is 14.1. The molecular formula is C16H16O4. The molecule has 0 saturated carbocycles. The first-order valence-corrected chi connectivity index (χ1v) is 6.48. The molecule has 0 spiro atoms. The van der Waals surface area contributed by atoms with Crippen molar-refractivity contribution in [1.82, 2.24) is 0 Å². The van der Waals surface area contributed by atoms with E-state index < -0.39 is 12.2 Å². The maximum absolute atomic E-state index is 10.2. The van der Waals surface area contributed by atoms with E-state index in [-0.39, 0.29) is 5.75 Å². The number of aliphatic hydroxyl groups is 1. The first kappa shape index (κ1) is 12.8. The zero-order valence-corrected chi connectivity index (χ0v) is 11.1. The van der Waals surface area contributed by atoms with Gasteiger partial charge in [0.25, 0.3) is 0 Å². The number of fused-ring (bicyclic) bond motifs is 1. The SMILES string of the molecule is COc1ccc2c(c1)O[C@@H](c1ccc(O)cc1)[C@@H](O)C2. The normalized spacial score (nSPS) is 20.9. The second-order valence-corrected chi connectivity index (χ2v) is 4.88. The smallest absolute Gasteiger partial charge is 0.150 e. The number of benzene rings is 2. The molecule has 0 saturated heterocycles. The molecular weight excluding hydrogens is 256 g/mol. The minimum Gasteiger partial charge on any atom is -0.508 e. The molecule has 2 aromatic carbocycles. The Labute approximate surface area is 117 Å². The van der Waals surface area contributed by atoms with E-state index >= 15 is 0 Å². The number of ether oxygens (including phenoxy) is 2. The molecule has 2 aromatic rings. The molecule has 0 aromatic heterocycles. The molecule has 104 valence electrons. The van der Waals surface area contributed by atoms with Crippen molar-refractivity contribution in [3.63, 3.8) is 0 Å². The molecule has 0 bridgehead atoms. The van der Waals surface area contributed by atoms with Gasteiger partial charge in [-0.1, -0.05) is 18.2 Å². The number of aliphatic hydroxyl groups excluding tert-OH is 1. The molecule has 20 heavy (non-hydrogen) atoms. The van der Waals surface area contributed by atoms with Crippen LogP contribution in [0.3, 0.4) is 0 Å². The first-order chi connectivity index (χ1) is 9.67. The number of hydrogen-bond acceptors (Lipinski definition) is 4. The third-order valence-electron chi connectivity index (χ3n) is 3.53. The van der Waals surface area contributed by atoms with Gasteiger partial charge in [-0.15, -0.1) is 0 Å². The van der Waals surface area contributed by atoms with E-state index in [1.807, 2.05) is 18.2 Å². The molecule has 0 aliphatic carbocycles. The van der Waals surface area contributed by atoms with E-state index in [0.717, 1.165) is 22.6 Å². The van der Waals surface area contributed by atoms with Crippen molar-refractivity contribution in [2.24, 2.45) is 0 Å². The van der Waals surface area contributed by atoms with Gasteiger partial charge in [-0.3, -0.25) is 0 Å².